The molecule has 1 aliphatic rings. The lowest BCUT2D eigenvalue weighted by Gasteiger charge is -2.25. The van der Waals surface area contributed by atoms with Gasteiger partial charge in [-0.15, -0.1) is 0 Å². The second-order valence-electron chi connectivity index (χ2n) is 5.65. The maximum absolute atomic E-state index is 12.9. The first-order chi connectivity index (χ1) is 9.16. The Kier molecular flexibility index (Phi) is 5.34. The van der Waals surface area contributed by atoms with Gasteiger partial charge in [0, 0.05) is 25.2 Å². The summed E-state index contributed by atoms with van der Waals surface area (Å²) in [7, 11) is 2.22. The zero-order chi connectivity index (χ0) is 13.7. The van der Waals surface area contributed by atoms with E-state index in [2.05, 4.69) is 24.2 Å². The molecule has 0 bridgehead atoms. The van der Waals surface area contributed by atoms with Crippen LogP contribution in [0.25, 0.3) is 0 Å². The maximum Gasteiger partial charge on any atom is 0.123 e. The van der Waals surface area contributed by atoms with Gasteiger partial charge in [-0.05, 0) is 44.5 Å². The van der Waals surface area contributed by atoms with Crippen molar-refractivity contribution in [3.8, 4) is 0 Å². The van der Waals surface area contributed by atoms with Crippen LogP contribution in [0.2, 0.25) is 0 Å². The quantitative estimate of drug-likeness (QED) is 0.847. The number of hydrogen-bond donors (Lipinski definition) is 1. The van der Waals surface area contributed by atoms with Crippen molar-refractivity contribution in [1.82, 2.24) is 10.2 Å². The average molecular weight is 264 g/mol. The molecule has 1 aromatic rings. The summed E-state index contributed by atoms with van der Waals surface area (Å²) < 4.78 is 12.9. The van der Waals surface area contributed by atoms with Crippen LogP contribution in [0, 0.1) is 5.82 Å². The maximum atomic E-state index is 12.9. The van der Waals surface area contributed by atoms with Gasteiger partial charge in [-0.3, -0.25) is 0 Å². The highest BCUT2D eigenvalue weighted by molar-refractivity contribution is 5.19. The number of benzene rings is 1. The van der Waals surface area contributed by atoms with Gasteiger partial charge in [0.25, 0.3) is 0 Å². The molecule has 2 nitrogen and oxygen atoms in total. The van der Waals surface area contributed by atoms with E-state index in [1.165, 1.54) is 37.8 Å². The number of rotatable bonds is 6. The Morgan fingerprint density at radius 2 is 1.89 bits per heavy atom. The van der Waals surface area contributed by atoms with Crippen LogP contribution in [0.1, 0.15) is 44.2 Å². The lowest BCUT2D eigenvalue weighted by molar-refractivity contribution is 0.243. The number of likely N-dealkylation sites (N-methyl/N-ethyl adjacent to an activating group) is 1. The van der Waals surface area contributed by atoms with E-state index in [4.69, 9.17) is 0 Å². The molecular weight excluding hydrogens is 239 g/mol. The van der Waals surface area contributed by atoms with Crippen molar-refractivity contribution in [2.24, 2.45) is 0 Å². The van der Waals surface area contributed by atoms with Crippen molar-refractivity contribution in [2.75, 3.05) is 20.1 Å². The van der Waals surface area contributed by atoms with Gasteiger partial charge in [0.2, 0.25) is 0 Å². The first kappa shape index (κ1) is 14.5. The van der Waals surface area contributed by atoms with Gasteiger partial charge in [-0.1, -0.05) is 25.0 Å². The monoisotopic (exact) mass is 264 g/mol. The Hall–Kier alpha value is -0.930. The lowest BCUT2D eigenvalue weighted by atomic mass is 10.1. The molecular formula is C16H25FN2. The Morgan fingerprint density at radius 1 is 1.26 bits per heavy atom. The van der Waals surface area contributed by atoms with Gasteiger partial charge < -0.3 is 10.2 Å². The Labute approximate surface area is 116 Å². The Bertz CT molecular complexity index is 371. The normalized spacial score (nSPS) is 18.1. The fraction of sp³-hybridized carbons (Fsp3) is 0.625. The van der Waals surface area contributed by atoms with Crippen LogP contribution in [0.4, 0.5) is 4.39 Å². The highest BCUT2D eigenvalue weighted by atomic mass is 19.1. The van der Waals surface area contributed by atoms with Gasteiger partial charge in [0.05, 0.1) is 0 Å². The third-order valence-corrected chi connectivity index (χ3v) is 4.23. The molecule has 0 spiro atoms. The predicted molar refractivity (Wildman–Crippen MR) is 77.7 cm³/mol. The van der Waals surface area contributed by atoms with Crippen molar-refractivity contribution >= 4 is 0 Å². The van der Waals surface area contributed by atoms with E-state index in [-0.39, 0.29) is 11.9 Å². The largest absolute Gasteiger partial charge is 0.309 e. The van der Waals surface area contributed by atoms with Crippen molar-refractivity contribution in [3.05, 3.63) is 35.6 Å². The second kappa shape index (κ2) is 7.01. The number of hydrogen-bond acceptors (Lipinski definition) is 2. The SMILES string of the molecule is CC(NCCN(C)C1CCCC1)c1ccc(F)cc1. The molecule has 1 aromatic carbocycles. The van der Waals surface area contributed by atoms with Gasteiger partial charge in [-0.25, -0.2) is 4.39 Å². The molecule has 0 aromatic heterocycles. The van der Waals surface area contributed by atoms with Crippen LogP contribution in [0.15, 0.2) is 24.3 Å². The van der Waals surface area contributed by atoms with Crippen LogP contribution in [-0.4, -0.2) is 31.1 Å². The summed E-state index contributed by atoms with van der Waals surface area (Å²) in [6, 6.07) is 7.82. The summed E-state index contributed by atoms with van der Waals surface area (Å²) >= 11 is 0. The smallest absolute Gasteiger partial charge is 0.123 e. The van der Waals surface area contributed by atoms with Crippen molar-refractivity contribution in [1.29, 1.82) is 0 Å². The molecule has 1 atom stereocenters. The van der Waals surface area contributed by atoms with E-state index in [9.17, 15) is 4.39 Å². The van der Waals surface area contributed by atoms with E-state index >= 15 is 0 Å². The Morgan fingerprint density at radius 3 is 2.53 bits per heavy atom. The molecule has 2 rings (SSSR count). The topological polar surface area (TPSA) is 15.3 Å². The first-order valence-electron chi connectivity index (χ1n) is 7.36. The number of nitrogens with zero attached hydrogens (tertiary/aromatic N) is 1. The number of halogens is 1. The predicted octanol–water partition coefficient (Wildman–Crippen LogP) is 3.35. The van der Waals surface area contributed by atoms with E-state index < -0.39 is 0 Å². The van der Waals surface area contributed by atoms with Crippen LogP contribution in [0.5, 0.6) is 0 Å². The second-order valence-corrected chi connectivity index (χ2v) is 5.65. The average Bonchev–Trinajstić information content (AvgIpc) is 2.93. The molecule has 1 N–H and O–H groups in total. The summed E-state index contributed by atoms with van der Waals surface area (Å²) in [5.41, 5.74) is 1.14. The molecule has 1 aliphatic carbocycles. The van der Waals surface area contributed by atoms with E-state index in [0.29, 0.717) is 0 Å². The molecule has 0 aliphatic heterocycles. The zero-order valence-corrected chi connectivity index (χ0v) is 12.0. The molecule has 19 heavy (non-hydrogen) atoms. The molecule has 0 heterocycles. The summed E-state index contributed by atoms with van der Waals surface area (Å²) in [6.07, 6.45) is 5.47. The molecule has 0 amide bonds. The zero-order valence-electron chi connectivity index (χ0n) is 12.0. The van der Waals surface area contributed by atoms with E-state index in [0.717, 1.165) is 24.7 Å². The Balaban J connectivity index is 1.71. The minimum atomic E-state index is -0.170. The summed E-state index contributed by atoms with van der Waals surface area (Å²) in [5.74, 6) is -0.170. The van der Waals surface area contributed by atoms with Crippen LogP contribution in [0.3, 0.4) is 0 Å². The standard InChI is InChI=1S/C16H25FN2/c1-13(14-7-9-15(17)10-8-14)18-11-12-19(2)16-5-3-4-6-16/h7-10,13,16,18H,3-6,11-12H2,1-2H3. The molecule has 0 saturated heterocycles. The minimum absolute atomic E-state index is 0.170. The van der Waals surface area contributed by atoms with Crippen molar-refractivity contribution < 1.29 is 4.39 Å². The van der Waals surface area contributed by atoms with Gasteiger partial charge in [-0.2, -0.15) is 0 Å². The fourth-order valence-electron chi connectivity index (χ4n) is 2.85. The van der Waals surface area contributed by atoms with Gasteiger partial charge >= 0.3 is 0 Å². The van der Waals surface area contributed by atoms with Gasteiger partial charge in [0.15, 0.2) is 0 Å². The third kappa shape index (κ3) is 4.29. The highest BCUT2D eigenvalue weighted by Gasteiger charge is 2.18. The fourth-order valence-corrected chi connectivity index (χ4v) is 2.85. The van der Waals surface area contributed by atoms with Gasteiger partial charge in [0.1, 0.15) is 5.82 Å². The van der Waals surface area contributed by atoms with Crippen molar-refractivity contribution in [2.45, 2.75) is 44.7 Å². The molecule has 3 heteroatoms. The summed E-state index contributed by atoms with van der Waals surface area (Å²) in [4.78, 5) is 2.47. The highest BCUT2D eigenvalue weighted by Crippen LogP contribution is 2.22. The first-order valence-corrected chi connectivity index (χ1v) is 7.36. The van der Waals surface area contributed by atoms with Crippen LogP contribution < -0.4 is 5.32 Å². The van der Waals surface area contributed by atoms with Crippen LogP contribution in [-0.2, 0) is 0 Å². The molecule has 1 fully saturated rings. The van der Waals surface area contributed by atoms with E-state index in [1.54, 1.807) is 0 Å². The van der Waals surface area contributed by atoms with Crippen molar-refractivity contribution in [3.63, 3.8) is 0 Å². The third-order valence-electron chi connectivity index (χ3n) is 4.23. The molecule has 0 radical (unpaired) electrons. The number of nitrogens with one attached hydrogen (secondary N) is 1. The lowest BCUT2D eigenvalue weighted by Crippen LogP contribution is -2.36. The molecule has 106 valence electrons. The minimum Gasteiger partial charge on any atom is -0.309 e. The van der Waals surface area contributed by atoms with E-state index in [1.807, 2.05) is 12.1 Å². The summed E-state index contributed by atoms with van der Waals surface area (Å²) in [6.45, 7) is 4.19. The molecule has 1 saturated carbocycles. The van der Waals surface area contributed by atoms with Crippen LogP contribution >= 0.6 is 0 Å². The molecule has 1 unspecified atom stereocenters. The summed E-state index contributed by atoms with van der Waals surface area (Å²) in [5, 5.41) is 3.51.